The van der Waals surface area contributed by atoms with Gasteiger partial charge in [-0.3, -0.25) is 9.10 Å². The maximum atomic E-state index is 13.6. The summed E-state index contributed by atoms with van der Waals surface area (Å²) in [5.41, 5.74) is 4.59. The molecule has 0 bridgehead atoms. The van der Waals surface area contributed by atoms with E-state index in [1.165, 1.54) is 18.2 Å². The summed E-state index contributed by atoms with van der Waals surface area (Å²) in [6, 6.07) is 20.2. The van der Waals surface area contributed by atoms with Crippen molar-refractivity contribution in [2.45, 2.75) is 31.4 Å². The second kappa shape index (κ2) is 12.1. The van der Waals surface area contributed by atoms with Crippen molar-refractivity contribution in [2.75, 3.05) is 30.3 Å². The Morgan fingerprint density at radius 2 is 1.51 bits per heavy atom. The highest BCUT2D eigenvalue weighted by atomic mass is 32.2. The lowest BCUT2D eigenvalue weighted by Crippen LogP contribution is -2.41. The molecule has 0 spiro atoms. The van der Waals surface area contributed by atoms with Gasteiger partial charge in [-0.15, -0.1) is 0 Å². The van der Waals surface area contributed by atoms with Crippen LogP contribution >= 0.6 is 11.8 Å². The number of ether oxygens (including phenoxy) is 1. The van der Waals surface area contributed by atoms with E-state index in [0.717, 1.165) is 26.9 Å². The smallest absolute Gasteiger partial charge is 0.264 e. The van der Waals surface area contributed by atoms with Crippen LogP contribution in [0.2, 0.25) is 0 Å². The number of amides is 1. The molecule has 0 radical (unpaired) electrons. The van der Waals surface area contributed by atoms with Crippen molar-refractivity contribution in [1.82, 2.24) is 5.32 Å². The molecule has 1 amide bonds. The standard InChI is InChI=1S/C27H32N2O4S2/c1-20-5-10-23(11-6-20)19-34-16-15-28-27(30)18-29(25-17-22(3)9-14-26(25)33-4)35(31,32)24-12-7-21(2)8-13-24/h5-14,17H,15-16,18-19H2,1-4H3,(H,28,30). The molecule has 0 aliphatic carbocycles. The molecule has 0 heterocycles. The highest BCUT2D eigenvalue weighted by Gasteiger charge is 2.29. The van der Waals surface area contributed by atoms with Crippen LogP contribution in [0, 0.1) is 20.8 Å². The summed E-state index contributed by atoms with van der Waals surface area (Å²) in [4.78, 5) is 13.0. The van der Waals surface area contributed by atoms with Crippen LogP contribution in [0.3, 0.4) is 0 Å². The largest absolute Gasteiger partial charge is 0.495 e. The first-order valence-corrected chi connectivity index (χ1v) is 13.9. The van der Waals surface area contributed by atoms with E-state index in [1.807, 2.05) is 19.9 Å². The minimum absolute atomic E-state index is 0.119. The van der Waals surface area contributed by atoms with Crippen LogP contribution in [0.15, 0.2) is 71.6 Å². The highest BCUT2D eigenvalue weighted by molar-refractivity contribution is 7.98. The van der Waals surface area contributed by atoms with E-state index in [1.54, 1.807) is 48.2 Å². The number of nitrogens with one attached hydrogen (secondary N) is 1. The summed E-state index contributed by atoms with van der Waals surface area (Å²) in [7, 11) is -2.52. The molecule has 8 heteroatoms. The molecule has 1 N–H and O–H groups in total. The first-order valence-electron chi connectivity index (χ1n) is 11.3. The molecule has 0 saturated carbocycles. The van der Waals surface area contributed by atoms with Gasteiger partial charge in [-0.25, -0.2) is 8.42 Å². The van der Waals surface area contributed by atoms with Crippen molar-refractivity contribution in [3.05, 3.63) is 89.0 Å². The zero-order valence-electron chi connectivity index (χ0n) is 20.6. The van der Waals surface area contributed by atoms with Gasteiger partial charge >= 0.3 is 0 Å². The fraction of sp³-hybridized carbons (Fsp3) is 0.296. The fourth-order valence-corrected chi connectivity index (χ4v) is 5.70. The molecule has 0 aliphatic rings. The predicted molar refractivity (Wildman–Crippen MR) is 144 cm³/mol. The van der Waals surface area contributed by atoms with Crippen molar-refractivity contribution in [3.8, 4) is 5.75 Å². The molecule has 3 aromatic rings. The van der Waals surface area contributed by atoms with E-state index in [2.05, 4.69) is 36.5 Å². The SMILES string of the molecule is COc1ccc(C)cc1N(CC(=O)NCCSCc1ccc(C)cc1)S(=O)(=O)c1ccc(C)cc1. The van der Waals surface area contributed by atoms with Crippen LogP contribution in [0.25, 0.3) is 0 Å². The van der Waals surface area contributed by atoms with Crippen LogP contribution in [-0.4, -0.2) is 40.3 Å². The molecule has 35 heavy (non-hydrogen) atoms. The molecule has 0 aliphatic heterocycles. The number of anilines is 1. The molecule has 3 aromatic carbocycles. The number of thioether (sulfide) groups is 1. The van der Waals surface area contributed by atoms with Gasteiger partial charge in [0.05, 0.1) is 17.7 Å². The van der Waals surface area contributed by atoms with E-state index in [4.69, 9.17) is 4.74 Å². The first kappa shape index (κ1) is 26.6. The number of benzene rings is 3. The van der Waals surface area contributed by atoms with Crippen LogP contribution in [0.1, 0.15) is 22.3 Å². The van der Waals surface area contributed by atoms with Crippen molar-refractivity contribution < 1.29 is 17.9 Å². The van der Waals surface area contributed by atoms with Crippen LogP contribution in [0.5, 0.6) is 5.75 Å². The van der Waals surface area contributed by atoms with E-state index >= 15 is 0 Å². The van der Waals surface area contributed by atoms with Gasteiger partial charge in [-0.1, -0.05) is 53.6 Å². The number of nitrogens with zero attached hydrogens (tertiary/aromatic N) is 1. The van der Waals surface area contributed by atoms with Gasteiger partial charge in [-0.05, 0) is 56.2 Å². The monoisotopic (exact) mass is 512 g/mol. The molecule has 0 unspecified atom stereocenters. The van der Waals surface area contributed by atoms with Crippen LogP contribution in [0.4, 0.5) is 5.69 Å². The molecular formula is C27H32N2O4S2. The third kappa shape index (κ3) is 7.26. The second-order valence-corrected chi connectivity index (χ2v) is 11.4. The number of carbonyl (C=O) groups is 1. The zero-order chi connectivity index (χ0) is 25.4. The number of aryl methyl sites for hydroxylation is 3. The normalized spacial score (nSPS) is 11.2. The lowest BCUT2D eigenvalue weighted by atomic mass is 10.2. The van der Waals surface area contributed by atoms with E-state index in [0.29, 0.717) is 18.0 Å². The molecule has 186 valence electrons. The molecule has 0 fully saturated rings. The average molecular weight is 513 g/mol. The van der Waals surface area contributed by atoms with Gasteiger partial charge in [0, 0.05) is 18.1 Å². The van der Waals surface area contributed by atoms with Gasteiger partial charge < -0.3 is 10.1 Å². The highest BCUT2D eigenvalue weighted by Crippen LogP contribution is 2.33. The van der Waals surface area contributed by atoms with Gasteiger partial charge in [-0.2, -0.15) is 11.8 Å². The summed E-state index contributed by atoms with van der Waals surface area (Å²) in [6.45, 7) is 5.91. The number of carbonyl (C=O) groups excluding carboxylic acids is 1. The van der Waals surface area contributed by atoms with Crippen LogP contribution in [-0.2, 0) is 20.6 Å². The number of sulfonamides is 1. The third-order valence-corrected chi connectivity index (χ3v) is 8.26. The Labute approximate surface area is 212 Å². The van der Waals surface area contributed by atoms with Gasteiger partial charge in [0.1, 0.15) is 12.3 Å². The van der Waals surface area contributed by atoms with Crippen molar-refractivity contribution in [2.24, 2.45) is 0 Å². The quantitative estimate of drug-likeness (QED) is 0.371. The van der Waals surface area contributed by atoms with Gasteiger partial charge in [0.25, 0.3) is 10.0 Å². The number of methoxy groups -OCH3 is 1. The second-order valence-electron chi connectivity index (χ2n) is 8.39. The Kier molecular flexibility index (Phi) is 9.23. The molecular weight excluding hydrogens is 480 g/mol. The third-order valence-electron chi connectivity index (χ3n) is 5.46. The molecule has 6 nitrogen and oxygen atoms in total. The first-order chi connectivity index (χ1) is 16.7. The number of hydrogen-bond acceptors (Lipinski definition) is 5. The van der Waals surface area contributed by atoms with Gasteiger partial charge in [0.15, 0.2) is 0 Å². The molecule has 0 aromatic heterocycles. The fourth-order valence-electron chi connectivity index (χ4n) is 3.46. The van der Waals surface area contributed by atoms with Crippen molar-refractivity contribution in [3.63, 3.8) is 0 Å². The maximum absolute atomic E-state index is 13.6. The molecule has 0 atom stereocenters. The number of rotatable bonds is 11. The summed E-state index contributed by atoms with van der Waals surface area (Å²) in [6.07, 6.45) is 0. The topological polar surface area (TPSA) is 75.7 Å². The van der Waals surface area contributed by atoms with Crippen molar-refractivity contribution in [1.29, 1.82) is 0 Å². The lowest BCUT2D eigenvalue weighted by molar-refractivity contribution is -0.119. The van der Waals surface area contributed by atoms with E-state index in [-0.39, 0.29) is 17.3 Å². The van der Waals surface area contributed by atoms with E-state index in [9.17, 15) is 13.2 Å². The van der Waals surface area contributed by atoms with Gasteiger partial charge in [0.2, 0.25) is 5.91 Å². The Balaban J connectivity index is 1.72. The summed E-state index contributed by atoms with van der Waals surface area (Å²) in [5, 5.41) is 2.86. The summed E-state index contributed by atoms with van der Waals surface area (Å²) < 4.78 is 33.8. The average Bonchev–Trinajstić information content (AvgIpc) is 2.83. The Hall–Kier alpha value is -2.97. The Morgan fingerprint density at radius 1 is 0.914 bits per heavy atom. The predicted octanol–water partition coefficient (Wildman–Crippen LogP) is 4.87. The Morgan fingerprint density at radius 3 is 2.14 bits per heavy atom. The zero-order valence-corrected chi connectivity index (χ0v) is 22.2. The Bertz CT molecular complexity index is 1240. The molecule has 0 saturated heterocycles. The summed E-state index contributed by atoms with van der Waals surface area (Å²) in [5.74, 6) is 1.58. The van der Waals surface area contributed by atoms with Crippen molar-refractivity contribution >= 4 is 33.4 Å². The minimum Gasteiger partial charge on any atom is -0.495 e. The van der Waals surface area contributed by atoms with Crippen LogP contribution < -0.4 is 14.4 Å². The minimum atomic E-state index is -4.00. The maximum Gasteiger partial charge on any atom is 0.264 e. The molecule has 3 rings (SSSR count). The summed E-state index contributed by atoms with van der Waals surface area (Å²) >= 11 is 1.71. The number of hydrogen-bond donors (Lipinski definition) is 1. The lowest BCUT2D eigenvalue weighted by Gasteiger charge is -2.26. The van der Waals surface area contributed by atoms with E-state index < -0.39 is 10.0 Å².